The van der Waals surface area contributed by atoms with Crippen LogP contribution in [-0.2, 0) is 12.8 Å². The molecule has 0 saturated carbocycles. The lowest BCUT2D eigenvalue weighted by molar-refractivity contribution is 1.04. The number of hydrogen-bond donors (Lipinski definition) is 1. The van der Waals surface area contributed by atoms with Gasteiger partial charge in [0.05, 0.1) is 0 Å². The van der Waals surface area contributed by atoms with Crippen molar-refractivity contribution in [3.05, 3.63) is 51.7 Å². The molecule has 1 aromatic heterocycles. The molecule has 1 nitrogen and oxygen atoms in total. The van der Waals surface area contributed by atoms with Gasteiger partial charge in [-0.05, 0) is 54.5 Å². The van der Waals surface area contributed by atoms with Gasteiger partial charge in [-0.15, -0.1) is 11.3 Å². The van der Waals surface area contributed by atoms with Crippen molar-refractivity contribution < 1.29 is 0 Å². The molecule has 1 N–H and O–H groups in total. The van der Waals surface area contributed by atoms with E-state index in [2.05, 4.69) is 54.9 Å². The summed E-state index contributed by atoms with van der Waals surface area (Å²) in [4.78, 5) is 1.44. The average molecular weight is 245 g/mol. The molecule has 0 spiro atoms. The molecule has 17 heavy (non-hydrogen) atoms. The van der Waals surface area contributed by atoms with Crippen molar-refractivity contribution in [1.82, 2.24) is 0 Å². The predicted octanol–water partition coefficient (Wildman–Crippen LogP) is 4.27. The summed E-state index contributed by atoms with van der Waals surface area (Å²) in [6.45, 7) is 5.39. The van der Waals surface area contributed by atoms with Crippen LogP contribution in [-0.4, -0.2) is 6.54 Å². The third kappa shape index (κ3) is 3.34. The van der Waals surface area contributed by atoms with Gasteiger partial charge in [-0.3, -0.25) is 0 Å². The molecule has 0 bridgehead atoms. The molecule has 0 aliphatic rings. The van der Waals surface area contributed by atoms with Gasteiger partial charge in [0.1, 0.15) is 0 Å². The van der Waals surface area contributed by atoms with Gasteiger partial charge < -0.3 is 5.32 Å². The first-order chi connectivity index (χ1) is 8.29. The third-order valence-corrected chi connectivity index (χ3v) is 3.94. The molecule has 0 aliphatic carbocycles. The summed E-state index contributed by atoms with van der Waals surface area (Å²) in [5.74, 6) is 0. The van der Waals surface area contributed by atoms with Gasteiger partial charge in [0.25, 0.3) is 0 Å². The summed E-state index contributed by atoms with van der Waals surface area (Å²) in [6, 6.07) is 11.0. The maximum atomic E-state index is 3.48. The monoisotopic (exact) mass is 245 g/mol. The summed E-state index contributed by atoms with van der Waals surface area (Å²) in [5.41, 5.74) is 4.05. The van der Waals surface area contributed by atoms with E-state index in [1.54, 1.807) is 0 Å². The first-order valence-corrected chi connectivity index (χ1v) is 7.03. The molecular weight excluding hydrogens is 226 g/mol. The normalized spacial score (nSPS) is 10.5. The van der Waals surface area contributed by atoms with Crippen molar-refractivity contribution in [3.63, 3.8) is 0 Å². The summed E-state index contributed by atoms with van der Waals surface area (Å²) < 4.78 is 0. The van der Waals surface area contributed by atoms with Crippen LogP contribution in [0.25, 0.3) is 0 Å². The predicted molar refractivity (Wildman–Crippen MR) is 77.1 cm³/mol. The zero-order chi connectivity index (χ0) is 12.1. The SMILES string of the molecule is CCc1ccc(NCCc2cccs2)cc1C. The zero-order valence-corrected chi connectivity index (χ0v) is 11.3. The highest BCUT2D eigenvalue weighted by molar-refractivity contribution is 7.09. The molecule has 1 aromatic carbocycles. The van der Waals surface area contributed by atoms with Crippen LogP contribution in [0.15, 0.2) is 35.7 Å². The van der Waals surface area contributed by atoms with E-state index in [-0.39, 0.29) is 0 Å². The van der Waals surface area contributed by atoms with E-state index in [0.29, 0.717) is 0 Å². The standard InChI is InChI=1S/C15H19NS/c1-3-13-6-7-14(11-12(13)2)16-9-8-15-5-4-10-17-15/h4-7,10-11,16H,3,8-9H2,1-2H3. The molecule has 2 rings (SSSR count). The van der Waals surface area contributed by atoms with E-state index in [1.807, 2.05) is 11.3 Å². The van der Waals surface area contributed by atoms with Crippen molar-refractivity contribution in [2.75, 3.05) is 11.9 Å². The Balaban J connectivity index is 1.89. The molecule has 0 atom stereocenters. The lowest BCUT2D eigenvalue weighted by atomic mass is 10.1. The smallest absolute Gasteiger partial charge is 0.0343 e. The quantitative estimate of drug-likeness (QED) is 0.829. The Morgan fingerprint density at radius 1 is 1.24 bits per heavy atom. The fraction of sp³-hybridized carbons (Fsp3) is 0.333. The average Bonchev–Trinajstić information content (AvgIpc) is 2.82. The third-order valence-electron chi connectivity index (χ3n) is 3.00. The van der Waals surface area contributed by atoms with Gasteiger partial charge in [0, 0.05) is 17.1 Å². The number of hydrogen-bond acceptors (Lipinski definition) is 2. The maximum Gasteiger partial charge on any atom is 0.0343 e. The second-order valence-electron chi connectivity index (χ2n) is 4.25. The summed E-state index contributed by atoms with van der Waals surface area (Å²) in [7, 11) is 0. The van der Waals surface area contributed by atoms with E-state index in [0.717, 1.165) is 19.4 Å². The van der Waals surface area contributed by atoms with Crippen LogP contribution in [0.1, 0.15) is 22.9 Å². The Hall–Kier alpha value is -1.28. The summed E-state index contributed by atoms with van der Waals surface area (Å²) >= 11 is 1.83. The lowest BCUT2D eigenvalue weighted by Gasteiger charge is -2.09. The van der Waals surface area contributed by atoms with E-state index in [9.17, 15) is 0 Å². The van der Waals surface area contributed by atoms with Crippen molar-refractivity contribution in [1.29, 1.82) is 0 Å². The molecule has 0 fully saturated rings. The van der Waals surface area contributed by atoms with Crippen molar-refractivity contribution >= 4 is 17.0 Å². The Bertz CT molecular complexity index is 460. The minimum atomic E-state index is 1.01. The maximum absolute atomic E-state index is 3.48. The van der Waals surface area contributed by atoms with Crippen LogP contribution in [0, 0.1) is 6.92 Å². The van der Waals surface area contributed by atoms with Crippen LogP contribution in [0.4, 0.5) is 5.69 Å². The van der Waals surface area contributed by atoms with Crippen LogP contribution in [0.3, 0.4) is 0 Å². The minimum Gasteiger partial charge on any atom is -0.385 e. The van der Waals surface area contributed by atoms with Gasteiger partial charge in [-0.1, -0.05) is 19.1 Å². The molecule has 1 heterocycles. The molecule has 90 valence electrons. The van der Waals surface area contributed by atoms with E-state index in [4.69, 9.17) is 0 Å². The van der Waals surface area contributed by atoms with Crippen LogP contribution >= 0.6 is 11.3 Å². The molecule has 0 saturated heterocycles. The molecular formula is C15H19NS. The highest BCUT2D eigenvalue weighted by atomic mass is 32.1. The topological polar surface area (TPSA) is 12.0 Å². The Morgan fingerprint density at radius 3 is 2.76 bits per heavy atom. The first-order valence-electron chi connectivity index (χ1n) is 6.15. The second-order valence-corrected chi connectivity index (χ2v) is 5.28. The van der Waals surface area contributed by atoms with Crippen LogP contribution in [0.2, 0.25) is 0 Å². The van der Waals surface area contributed by atoms with Gasteiger partial charge in [0.15, 0.2) is 0 Å². The number of rotatable bonds is 5. The van der Waals surface area contributed by atoms with Crippen LogP contribution < -0.4 is 5.32 Å². The number of benzene rings is 1. The largest absolute Gasteiger partial charge is 0.385 e. The fourth-order valence-electron chi connectivity index (χ4n) is 1.99. The summed E-state index contributed by atoms with van der Waals surface area (Å²) in [5, 5.41) is 5.62. The van der Waals surface area contributed by atoms with E-state index in [1.165, 1.54) is 21.7 Å². The highest BCUT2D eigenvalue weighted by Crippen LogP contribution is 2.16. The van der Waals surface area contributed by atoms with Crippen molar-refractivity contribution in [3.8, 4) is 0 Å². The molecule has 0 unspecified atom stereocenters. The van der Waals surface area contributed by atoms with Gasteiger partial charge >= 0.3 is 0 Å². The molecule has 0 radical (unpaired) electrons. The molecule has 2 heteroatoms. The van der Waals surface area contributed by atoms with Crippen LogP contribution in [0.5, 0.6) is 0 Å². The Kier molecular flexibility index (Phi) is 4.21. The second kappa shape index (κ2) is 5.87. The van der Waals surface area contributed by atoms with Gasteiger partial charge in [-0.2, -0.15) is 0 Å². The lowest BCUT2D eigenvalue weighted by Crippen LogP contribution is -2.04. The highest BCUT2D eigenvalue weighted by Gasteiger charge is 1.98. The Morgan fingerprint density at radius 2 is 2.12 bits per heavy atom. The first kappa shape index (κ1) is 12.2. The van der Waals surface area contributed by atoms with Crippen molar-refractivity contribution in [2.24, 2.45) is 0 Å². The van der Waals surface area contributed by atoms with Gasteiger partial charge in [0.2, 0.25) is 0 Å². The minimum absolute atomic E-state index is 1.01. The summed E-state index contributed by atoms with van der Waals surface area (Å²) in [6.07, 6.45) is 2.22. The van der Waals surface area contributed by atoms with E-state index >= 15 is 0 Å². The van der Waals surface area contributed by atoms with Gasteiger partial charge in [-0.25, -0.2) is 0 Å². The molecule has 0 aliphatic heterocycles. The molecule has 0 amide bonds. The number of nitrogens with one attached hydrogen (secondary N) is 1. The number of thiophene rings is 1. The molecule has 2 aromatic rings. The number of aryl methyl sites for hydroxylation is 2. The van der Waals surface area contributed by atoms with E-state index < -0.39 is 0 Å². The Labute approximate surface area is 108 Å². The van der Waals surface area contributed by atoms with Crippen molar-refractivity contribution in [2.45, 2.75) is 26.7 Å². The zero-order valence-electron chi connectivity index (χ0n) is 10.5. The number of anilines is 1. The fourth-order valence-corrected chi connectivity index (χ4v) is 2.70.